The Labute approximate surface area is 166 Å². The number of halogens is 1. The number of aromatic nitrogens is 2. The van der Waals surface area contributed by atoms with Crippen molar-refractivity contribution in [2.24, 2.45) is 0 Å². The number of nitrogens with zero attached hydrogens (tertiary/aromatic N) is 2. The molecular weight excluding hydrogens is 384 g/mol. The first-order valence-electron chi connectivity index (χ1n) is 8.72. The van der Waals surface area contributed by atoms with Gasteiger partial charge in [-0.2, -0.15) is 0 Å². The topological polar surface area (TPSA) is 83.7 Å². The number of fused-ring (bicyclic) bond motifs is 1. The summed E-state index contributed by atoms with van der Waals surface area (Å²) < 4.78 is 22.0. The fraction of sp³-hybridized carbons (Fsp3) is 0.250. The van der Waals surface area contributed by atoms with Crippen molar-refractivity contribution in [3.8, 4) is 23.0 Å². The van der Waals surface area contributed by atoms with E-state index in [4.69, 9.17) is 30.2 Å². The van der Waals surface area contributed by atoms with Gasteiger partial charge < -0.3 is 18.6 Å². The van der Waals surface area contributed by atoms with Crippen LogP contribution in [0.2, 0.25) is 5.02 Å². The molecule has 1 atom stereocenters. The molecule has 1 aromatic heterocycles. The summed E-state index contributed by atoms with van der Waals surface area (Å²) in [4.78, 5) is 12.5. The maximum atomic E-state index is 12.5. The van der Waals surface area contributed by atoms with Crippen LogP contribution in [-0.4, -0.2) is 29.4 Å². The zero-order chi connectivity index (χ0) is 19.7. The van der Waals surface area contributed by atoms with Gasteiger partial charge in [0.25, 0.3) is 5.89 Å². The number of hydrogen-bond acceptors (Lipinski definition) is 7. The number of benzene rings is 2. The van der Waals surface area contributed by atoms with Crippen LogP contribution in [0.1, 0.15) is 34.8 Å². The zero-order valence-electron chi connectivity index (χ0n) is 15.3. The lowest BCUT2D eigenvalue weighted by Crippen LogP contribution is -2.17. The van der Waals surface area contributed by atoms with Gasteiger partial charge in [-0.3, -0.25) is 0 Å². The molecule has 0 spiro atoms. The number of ether oxygens (including phenoxy) is 3. The van der Waals surface area contributed by atoms with Crippen molar-refractivity contribution in [2.45, 2.75) is 20.0 Å². The van der Waals surface area contributed by atoms with Gasteiger partial charge in [-0.1, -0.05) is 29.3 Å². The van der Waals surface area contributed by atoms with Gasteiger partial charge in [0.1, 0.15) is 13.2 Å². The molecule has 0 saturated heterocycles. The molecule has 8 heteroatoms. The van der Waals surface area contributed by atoms with E-state index in [-0.39, 0.29) is 16.5 Å². The molecule has 0 saturated carbocycles. The van der Waals surface area contributed by atoms with Gasteiger partial charge in [0.05, 0.1) is 10.6 Å². The molecule has 7 nitrogen and oxygen atoms in total. The van der Waals surface area contributed by atoms with Crippen molar-refractivity contribution in [3.63, 3.8) is 0 Å². The maximum Gasteiger partial charge on any atom is 0.339 e. The summed E-state index contributed by atoms with van der Waals surface area (Å²) in [5.41, 5.74) is 2.17. The lowest BCUT2D eigenvalue weighted by molar-refractivity contribution is 0.0279. The van der Waals surface area contributed by atoms with Gasteiger partial charge in [0.15, 0.2) is 17.6 Å². The van der Waals surface area contributed by atoms with E-state index in [0.717, 1.165) is 11.1 Å². The van der Waals surface area contributed by atoms with Gasteiger partial charge >= 0.3 is 5.97 Å². The fourth-order valence-corrected chi connectivity index (χ4v) is 2.98. The normalized spacial score (nSPS) is 13.8. The number of esters is 1. The first-order valence-corrected chi connectivity index (χ1v) is 9.09. The molecule has 0 amide bonds. The van der Waals surface area contributed by atoms with Crippen molar-refractivity contribution >= 4 is 17.6 Å². The minimum Gasteiger partial charge on any atom is -0.486 e. The molecule has 0 N–H and O–H groups in total. The van der Waals surface area contributed by atoms with E-state index in [1.54, 1.807) is 13.0 Å². The Morgan fingerprint density at radius 1 is 1.14 bits per heavy atom. The highest BCUT2D eigenvalue weighted by atomic mass is 35.5. The summed E-state index contributed by atoms with van der Waals surface area (Å²) in [7, 11) is 0. The highest BCUT2D eigenvalue weighted by Crippen LogP contribution is 2.38. The van der Waals surface area contributed by atoms with Gasteiger partial charge in [-0.05, 0) is 38.1 Å². The summed E-state index contributed by atoms with van der Waals surface area (Å²) in [5.74, 6) is 0.823. The van der Waals surface area contributed by atoms with Crippen LogP contribution in [0, 0.1) is 6.92 Å². The van der Waals surface area contributed by atoms with Crippen LogP contribution in [0.4, 0.5) is 0 Å². The van der Waals surface area contributed by atoms with Crippen molar-refractivity contribution in [2.75, 3.05) is 13.2 Å². The molecule has 28 heavy (non-hydrogen) atoms. The SMILES string of the molecule is Cc1ccc(-c2nnc([C@H](C)OC(=O)c3cc(Cl)c4c(c3)OCCO4)o2)cc1. The maximum absolute atomic E-state index is 12.5. The Morgan fingerprint density at radius 3 is 2.68 bits per heavy atom. The number of aryl methyl sites for hydroxylation is 1. The highest BCUT2D eigenvalue weighted by Gasteiger charge is 2.23. The summed E-state index contributed by atoms with van der Waals surface area (Å²) >= 11 is 6.17. The van der Waals surface area contributed by atoms with Crippen molar-refractivity contribution in [1.29, 1.82) is 0 Å². The molecular formula is C20H17ClN2O5. The molecule has 3 aromatic rings. The van der Waals surface area contributed by atoms with Crippen LogP contribution in [0.5, 0.6) is 11.5 Å². The zero-order valence-corrected chi connectivity index (χ0v) is 16.0. The van der Waals surface area contributed by atoms with Crippen LogP contribution >= 0.6 is 11.6 Å². The molecule has 2 aromatic carbocycles. The molecule has 4 rings (SSSR count). The monoisotopic (exact) mass is 400 g/mol. The molecule has 2 heterocycles. The number of carbonyl (C=O) groups excluding carboxylic acids is 1. The predicted octanol–water partition coefficient (Wildman–Crippen LogP) is 4.39. The van der Waals surface area contributed by atoms with Gasteiger partial charge in [0.2, 0.25) is 5.89 Å². The minimum absolute atomic E-state index is 0.201. The van der Waals surface area contributed by atoms with E-state index >= 15 is 0 Å². The standard InChI is InChI=1S/C20H17ClN2O5/c1-11-3-5-13(6-4-11)19-23-22-18(28-19)12(2)27-20(24)14-9-15(21)17-16(10-14)25-7-8-26-17/h3-6,9-10,12H,7-8H2,1-2H3/t12-/m0/s1. The summed E-state index contributed by atoms with van der Waals surface area (Å²) in [6.07, 6.45) is -0.730. The Hall–Kier alpha value is -3.06. The third kappa shape index (κ3) is 3.66. The number of carbonyl (C=O) groups is 1. The number of rotatable bonds is 4. The number of hydrogen-bond donors (Lipinski definition) is 0. The quantitative estimate of drug-likeness (QED) is 0.600. The van der Waals surface area contributed by atoms with Gasteiger partial charge in [0, 0.05) is 5.56 Å². The Bertz CT molecular complexity index is 1020. The van der Waals surface area contributed by atoms with E-state index in [1.165, 1.54) is 6.07 Å². The van der Waals surface area contributed by atoms with Crippen LogP contribution in [0.25, 0.3) is 11.5 Å². The first-order chi connectivity index (χ1) is 13.5. The second-order valence-electron chi connectivity index (χ2n) is 6.34. The molecule has 0 bridgehead atoms. The molecule has 0 fully saturated rings. The third-order valence-electron chi connectivity index (χ3n) is 4.20. The van der Waals surface area contributed by atoms with Crippen molar-refractivity contribution in [3.05, 3.63) is 58.4 Å². The first kappa shape index (κ1) is 18.3. The van der Waals surface area contributed by atoms with Crippen LogP contribution in [0.3, 0.4) is 0 Å². The second kappa shape index (κ2) is 7.52. The lowest BCUT2D eigenvalue weighted by Gasteiger charge is -2.20. The summed E-state index contributed by atoms with van der Waals surface area (Å²) in [5, 5.41) is 8.30. The van der Waals surface area contributed by atoms with Crippen molar-refractivity contribution in [1.82, 2.24) is 10.2 Å². The van der Waals surface area contributed by atoms with Crippen LogP contribution < -0.4 is 9.47 Å². The molecule has 1 aliphatic heterocycles. The fourth-order valence-electron chi connectivity index (χ4n) is 2.72. The summed E-state index contributed by atoms with van der Waals surface area (Å²) in [6.45, 7) is 4.45. The predicted molar refractivity (Wildman–Crippen MR) is 101 cm³/mol. The smallest absolute Gasteiger partial charge is 0.339 e. The van der Waals surface area contributed by atoms with E-state index in [0.29, 0.717) is 30.6 Å². The molecule has 1 aliphatic rings. The van der Waals surface area contributed by atoms with Crippen molar-refractivity contribution < 1.29 is 23.4 Å². The van der Waals surface area contributed by atoms with Crippen LogP contribution in [-0.2, 0) is 4.74 Å². The van der Waals surface area contributed by atoms with E-state index in [1.807, 2.05) is 31.2 Å². The van der Waals surface area contributed by atoms with Crippen LogP contribution in [0.15, 0.2) is 40.8 Å². The second-order valence-corrected chi connectivity index (χ2v) is 6.75. The van der Waals surface area contributed by atoms with E-state index in [9.17, 15) is 4.79 Å². The summed E-state index contributed by atoms with van der Waals surface area (Å²) in [6, 6.07) is 10.7. The van der Waals surface area contributed by atoms with E-state index < -0.39 is 12.1 Å². The minimum atomic E-state index is -0.730. The Morgan fingerprint density at radius 2 is 1.89 bits per heavy atom. The molecule has 144 valence electrons. The highest BCUT2D eigenvalue weighted by molar-refractivity contribution is 6.32. The molecule has 0 aliphatic carbocycles. The molecule has 0 unspecified atom stereocenters. The largest absolute Gasteiger partial charge is 0.486 e. The van der Waals surface area contributed by atoms with Gasteiger partial charge in [-0.15, -0.1) is 10.2 Å². The van der Waals surface area contributed by atoms with E-state index in [2.05, 4.69) is 10.2 Å². The third-order valence-corrected chi connectivity index (χ3v) is 4.48. The average Bonchev–Trinajstić information content (AvgIpc) is 3.19. The lowest BCUT2D eigenvalue weighted by atomic mass is 10.1. The Balaban J connectivity index is 1.49. The molecule has 0 radical (unpaired) electrons. The Kier molecular flexibility index (Phi) is 4.92. The average molecular weight is 401 g/mol. The van der Waals surface area contributed by atoms with Gasteiger partial charge in [-0.25, -0.2) is 4.79 Å².